The molecule has 1 N–H and O–H groups in total. The Morgan fingerprint density at radius 3 is 2.81 bits per heavy atom. The van der Waals surface area contributed by atoms with Crippen LogP contribution in [-0.2, 0) is 11.2 Å². The molecule has 2 aromatic heterocycles. The van der Waals surface area contributed by atoms with E-state index < -0.39 is 0 Å². The Labute approximate surface area is 159 Å². The van der Waals surface area contributed by atoms with Crippen molar-refractivity contribution in [3.63, 3.8) is 0 Å². The third kappa shape index (κ3) is 4.87. The van der Waals surface area contributed by atoms with Crippen molar-refractivity contribution in [2.75, 3.05) is 31.6 Å². The molecule has 27 heavy (non-hydrogen) atoms. The fourth-order valence-corrected chi connectivity index (χ4v) is 3.21. The predicted molar refractivity (Wildman–Crippen MR) is 105 cm³/mol. The van der Waals surface area contributed by atoms with Crippen LogP contribution in [0.2, 0.25) is 0 Å². The number of aromatic nitrogens is 3. The number of pyridine rings is 1. The summed E-state index contributed by atoms with van der Waals surface area (Å²) < 4.78 is 5.99. The lowest BCUT2D eigenvalue weighted by atomic mass is 10.1. The molecule has 1 aromatic carbocycles. The number of ether oxygens (including phenoxy) is 1. The Kier molecular flexibility index (Phi) is 5.67. The Hall–Kier alpha value is -2.83. The highest BCUT2D eigenvalue weighted by atomic mass is 16.5. The van der Waals surface area contributed by atoms with Crippen LogP contribution in [0.15, 0.2) is 67.1 Å². The van der Waals surface area contributed by atoms with Crippen molar-refractivity contribution in [1.29, 1.82) is 0 Å². The molecule has 138 valence electrons. The van der Waals surface area contributed by atoms with Gasteiger partial charge in [-0.3, -0.25) is 9.88 Å². The lowest BCUT2D eigenvalue weighted by Gasteiger charge is -2.32. The number of hydrogen-bond donors (Lipinski definition) is 1. The van der Waals surface area contributed by atoms with Crippen LogP contribution in [0.25, 0.3) is 0 Å². The van der Waals surface area contributed by atoms with Gasteiger partial charge in [-0.1, -0.05) is 36.4 Å². The van der Waals surface area contributed by atoms with Crippen LogP contribution in [0.5, 0.6) is 0 Å². The van der Waals surface area contributed by atoms with Gasteiger partial charge in [0, 0.05) is 32.0 Å². The second-order valence-electron chi connectivity index (χ2n) is 6.56. The lowest BCUT2D eigenvalue weighted by Crippen LogP contribution is -2.39. The van der Waals surface area contributed by atoms with Crippen molar-refractivity contribution in [2.45, 2.75) is 12.5 Å². The number of benzene rings is 1. The topological polar surface area (TPSA) is 63.2 Å². The molecule has 3 aromatic rings. The van der Waals surface area contributed by atoms with E-state index in [2.05, 4.69) is 50.5 Å². The van der Waals surface area contributed by atoms with Gasteiger partial charge in [0.15, 0.2) is 0 Å². The SMILES string of the molecule is c1ccc(CCN2CCOC(c3cccc(Nc4cnccn4)n3)C2)cc1. The van der Waals surface area contributed by atoms with Crippen LogP contribution in [-0.4, -0.2) is 46.1 Å². The average Bonchev–Trinajstić information content (AvgIpc) is 2.74. The molecule has 1 saturated heterocycles. The number of nitrogens with zero attached hydrogens (tertiary/aromatic N) is 4. The molecule has 6 nitrogen and oxygen atoms in total. The highest BCUT2D eigenvalue weighted by Gasteiger charge is 2.23. The minimum absolute atomic E-state index is 0.0156. The van der Waals surface area contributed by atoms with Crippen molar-refractivity contribution in [1.82, 2.24) is 19.9 Å². The van der Waals surface area contributed by atoms with Gasteiger partial charge in [-0.2, -0.15) is 0 Å². The molecule has 0 spiro atoms. The summed E-state index contributed by atoms with van der Waals surface area (Å²) in [5.41, 5.74) is 2.31. The number of hydrogen-bond acceptors (Lipinski definition) is 6. The van der Waals surface area contributed by atoms with E-state index in [1.165, 1.54) is 5.56 Å². The third-order valence-corrected chi connectivity index (χ3v) is 4.63. The molecule has 0 bridgehead atoms. The molecule has 1 fully saturated rings. The maximum atomic E-state index is 5.99. The second kappa shape index (κ2) is 8.70. The van der Waals surface area contributed by atoms with E-state index in [4.69, 9.17) is 9.72 Å². The van der Waals surface area contributed by atoms with Crippen molar-refractivity contribution >= 4 is 11.6 Å². The average molecular weight is 361 g/mol. The summed E-state index contributed by atoms with van der Waals surface area (Å²) in [6.45, 7) is 3.57. The van der Waals surface area contributed by atoms with E-state index in [-0.39, 0.29) is 6.10 Å². The van der Waals surface area contributed by atoms with Gasteiger partial charge in [0.1, 0.15) is 17.7 Å². The van der Waals surface area contributed by atoms with Gasteiger partial charge in [-0.05, 0) is 24.1 Å². The zero-order valence-corrected chi connectivity index (χ0v) is 15.2. The summed E-state index contributed by atoms with van der Waals surface area (Å²) in [4.78, 5) is 15.5. The van der Waals surface area contributed by atoms with Crippen LogP contribution in [0.3, 0.4) is 0 Å². The van der Waals surface area contributed by atoms with Gasteiger partial charge in [0.25, 0.3) is 0 Å². The predicted octanol–water partition coefficient (Wildman–Crippen LogP) is 3.23. The van der Waals surface area contributed by atoms with E-state index in [9.17, 15) is 0 Å². The summed E-state index contributed by atoms with van der Waals surface area (Å²) in [7, 11) is 0. The fourth-order valence-electron chi connectivity index (χ4n) is 3.21. The molecule has 0 aliphatic carbocycles. The van der Waals surface area contributed by atoms with Crippen molar-refractivity contribution in [3.05, 3.63) is 78.4 Å². The molecule has 1 aliphatic rings. The number of nitrogens with one attached hydrogen (secondary N) is 1. The van der Waals surface area contributed by atoms with Crippen molar-refractivity contribution < 1.29 is 4.74 Å². The summed E-state index contributed by atoms with van der Waals surface area (Å²) in [6, 6.07) is 16.5. The maximum absolute atomic E-state index is 5.99. The van der Waals surface area contributed by atoms with Gasteiger partial charge in [-0.25, -0.2) is 9.97 Å². The van der Waals surface area contributed by atoms with Crippen molar-refractivity contribution in [3.8, 4) is 0 Å². The second-order valence-corrected chi connectivity index (χ2v) is 6.56. The molecular weight excluding hydrogens is 338 g/mol. The Morgan fingerprint density at radius 2 is 1.96 bits per heavy atom. The Bertz CT molecular complexity index is 843. The first-order valence-electron chi connectivity index (χ1n) is 9.25. The standard InChI is InChI=1S/C21H23N5O/c1-2-5-17(6-3-1)9-12-26-13-14-27-19(16-26)18-7-4-8-20(24-18)25-21-15-22-10-11-23-21/h1-8,10-11,15,19H,9,12-14,16H2,(H,23,24,25). The summed E-state index contributed by atoms with van der Waals surface area (Å²) in [5.74, 6) is 1.43. The molecule has 1 atom stereocenters. The van der Waals surface area contributed by atoms with Gasteiger partial charge in [0.05, 0.1) is 18.5 Å². The van der Waals surface area contributed by atoms with E-state index in [1.807, 2.05) is 18.2 Å². The van der Waals surface area contributed by atoms with Gasteiger partial charge < -0.3 is 10.1 Å². The molecule has 0 saturated carbocycles. The van der Waals surface area contributed by atoms with Crippen LogP contribution in [0.1, 0.15) is 17.4 Å². The summed E-state index contributed by atoms with van der Waals surface area (Å²) >= 11 is 0. The third-order valence-electron chi connectivity index (χ3n) is 4.63. The Morgan fingerprint density at radius 1 is 1.04 bits per heavy atom. The first kappa shape index (κ1) is 17.6. The zero-order valence-electron chi connectivity index (χ0n) is 15.2. The van der Waals surface area contributed by atoms with Crippen molar-refractivity contribution in [2.24, 2.45) is 0 Å². The molecule has 6 heteroatoms. The first-order valence-corrected chi connectivity index (χ1v) is 9.25. The van der Waals surface area contributed by atoms with Crippen LogP contribution in [0, 0.1) is 0 Å². The first-order chi connectivity index (χ1) is 13.4. The van der Waals surface area contributed by atoms with E-state index in [0.29, 0.717) is 5.82 Å². The number of morpholine rings is 1. The van der Waals surface area contributed by atoms with E-state index >= 15 is 0 Å². The van der Waals surface area contributed by atoms with Gasteiger partial charge in [0.2, 0.25) is 0 Å². The molecule has 4 rings (SSSR count). The smallest absolute Gasteiger partial charge is 0.150 e. The summed E-state index contributed by atoms with van der Waals surface area (Å²) in [5, 5.41) is 3.19. The van der Waals surface area contributed by atoms with Crippen LogP contribution in [0.4, 0.5) is 11.6 Å². The maximum Gasteiger partial charge on any atom is 0.150 e. The number of rotatable bonds is 6. The lowest BCUT2D eigenvalue weighted by molar-refractivity contribution is -0.0315. The molecular formula is C21H23N5O. The monoisotopic (exact) mass is 361 g/mol. The highest BCUT2D eigenvalue weighted by molar-refractivity contribution is 5.50. The molecule has 0 amide bonds. The van der Waals surface area contributed by atoms with Gasteiger partial charge in [-0.15, -0.1) is 0 Å². The minimum atomic E-state index is -0.0156. The molecule has 1 aliphatic heterocycles. The highest BCUT2D eigenvalue weighted by Crippen LogP contribution is 2.23. The molecule has 0 radical (unpaired) electrons. The molecule has 1 unspecified atom stereocenters. The van der Waals surface area contributed by atoms with Gasteiger partial charge >= 0.3 is 0 Å². The minimum Gasteiger partial charge on any atom is -0.369 e. The number of anilines is 2. The zero-order chi connectivity index (χ0) is 18.3. The van der Waals surface area contributed by atoms with E-state index in [1.54, 1.807) is 18.6 Å². The largest absolute Gasteiger partial charge is 0.369 e. The van der Waals surface area contributed by atoms with Crippen LogP contribution >= 0.6 is 0 Å². The van der Waals surface area contributed by atoms with Crippen LogP contribution < -0.4 is 5.32 Å². The quantitative estimate of drug-likeness (QED) is 0.727. The fraction of sp³-hybridized carbons (Fsp3) is 0.286. The summed E-state index contributed by atoms with van der Waals surface area (Å²) in [6.07, 6.45) is 6.01. The van der Waals surface area contributed by atoms with E-state index in [0.717, 1.165) is 44.2 Å². The molecule has 3 heterocycles. The normalized spacial score (nSPS) is 17.6. The Balaban J connectivity index is 1.38.